The molecule has 0 bridgehead atoms. The second-order valence-electron chi connectivity index (χ2n) is 8.50. The lowest BCUT2D eigenvalue weighted by molar-refractivity contribution is 0.383. The minimum absolute atomic E-state index is 0.390. The van der Waals surface area contributed by atoms with E-state index in [-0.39, 0.29) is 0 Å². The van der Waals surface area contributed by atoms with Gasteiger partial charge in [0.05, 0.1) is 10.6 Å². The van der Waals surface area contributed by atoms with Crippen molar-refractivity contribution < 1.29 is 8.42 Å². The molecule has 4 aromatic rings. The van der Waals surface area contributed by atoms with E-state index in [1.165, 1.54) is 10.8 Å². The maximum Gasteiger partial charge on any atom is 0.243 e. The smallest absolute Gasteiger partial charge is 0.243 e. The SMILES string of the molecule is Cc1ccc(S(=O)(=O)N2CCN(c3ccc(-c4ccc5ccccc5c4)nn3)CC2)c(C)c1. The van der Waals surface area contributed by atoms with Gasteiger partial charge in [-0.25, -0.2) is 8.42 Å². The van der Waals surface area contributed by atoms with Gasteiger partial charge in [0.1, 0.15) is 0 Å². The van der Waals surface area contributed by atoms with Gasteiger partial charge < -0.3 is 4.90 Å². The van der Waals surface area contributed by atoms with Crippen molar-refractivity contribution in [1.29, 1.82) is 0 Å². The predicted octanol–water partition coefficient (Wildman–Crippen LogP) is 4.42. The average Bonchev–Trinajstić information content (AvgIpc) is 2.84. The van der Waals surface area contributed by atoms with Gasteiger partial charge in [-0.05, 0) is 54.4 Å². The number of piperazine rings is 1. The fourth-order valence-electron chi connectivity index (χ4n) is 4.38. The van der Waals surface area contributed by atoms with E-state index in [4.69, 9.17) is 0 Å². The highest BCUT2D eigenvalue weighted by molar-refractivity contribution is 7.89. The van der Waals surface area contributed by atoms with Crippen LogP contribution in [-0.2, 0) is 10.0 Å². The van der Waals surface area contributed by atoms with Gasteiger partial charge in [-0.2, -0.15) is 4.31 Å². The van der Waals surface area contributed by atoms with Gasteiger partial charge in [0.25, 0.3) is 0 Å². The Balaban J connectivity index is 1.29. The number of benzene rings is 3. The van der Waals surface area contributed by atoms with E-state index < -0.39 is 10.0 Å². The van der Waals surface area contributed by atoms with Crippen molar-refractivity contribution in [2.24, 2.45) is 0 Å². The number of rotatable bonds is 4. The summed E-state index contributed by atoms with van der Waals surface area (Å²) < 4.78 is 27.8. The molecule has 1 aliphatic rings. The van der Waals surface area contributed by atoms with Crippen LogP contribution in [0.1, 0.15) is 11.1 Å². The maximum atomic E-state index is 13.1. The molecule has 3 aromatic carbocycles. The quantitative estimate of drug-likeness (QED) is 0.453. The van der Waals surface area contributed by atoms with Gasteiger partial charge in [0, 0.05) is 31.7 Å². The lowest BCUT2D eigenvalue weighted by Crippen LogP contribution is -2.49. The molecule has 1 saturated heterocycles. The van der Waals surface area contributed by atoms with E-state index in [1.807, 2.05) is 50.2 Å². The van der Waals surface area contributed by atoms with Crippen LogP contribution in [0, 0.1) is 13.8 Å². The van der Waals surface area contributed by atoms with Crippen LogP contribution < -0.4 is 4.90 Å². The first-order chi connectivity index (χ1) is 15.9. The molecule has 5 rings (SSSR count). The summed E-state index contributed by atoms with van der Waals surface area (Å²) in [4.78, 5) is 2.48. The monoisotopic (exact) mass is 458 g/mol. The highest BCUT2D eigenvalue weighted by Gasteiger charge is 2.30. The Kier molecular flexibility index (Phi) is 5.60. The van der Waals surface area contributed by atoms with Crippen LogP contribution >= 0.6 is 0 Å². The summed E-state index contributed by atoms with van der Waals surface area (Å²) in [6.07, 6.45) is 0. The summed E-state index contributed by atoms with van der Waals surface area (Å²) in [5, 5.41) is 11.2. The molecule has 2 heterocycles. The number of fused-ring (bicyclic) bond motifs is 1. The van der Waals surface area contributed by atoms with E-state index in [1.54, 1.807) is 10.4 Å². The second kappa shape index (κ2) is 8.57. The summed E-state index contributed by atoms with van der Waals surface area (Å²) in [5.74, 6) is 0.767. The zero-order chi connectivity index (χ0) is 23.0. The zero-order valence-electron chi connectivity index (χ0n) is 18.8. The molecule has 1 aliphatic heterocycles. The lowest BCUT2D eigenvalue weighted by atomic mass is 10.1. The first-order valence-corrected chi connectivity index (χ1v) is 12.5. The summed E-state index contributed by atoms with van der Waals surface area (Å²) in [5.41, 5.74) is 3.69. The number of aromatic nitrogens is 2. The molecular weight excluding hydrogens is 432 g/mol. The number of sulfonamides is 1. The highest BCUT2D eigenvalue weighted by atomic mass is 32.2. The molecular formula is C26H26N4O2S. The Bertz CT molecular complexity index is 1410. The molecule has 0 unspecified atom stereocenters. The van der Waals surface area contributed by atoms with Crippen LogP contribution in [0.25, 0.3) is 22.0 Å². The van der Waals surface area contributed by atoms with E-state index in [0.29, 0.717) is 31.1 Å². The minimum atomic E-state index is -3.51. The van der Waals surface area contributed by atoms with Gasteiger partial charge in [0.2, 0.25) is 10.0 Å². The molecule has 7 heteroatoms. The molecule has 33 heavy (non-hydrogen) atoms. The molecule has 0 atom stereocenters. The lowest BCUT2D eigenvalue weighted by Gasteiger charge is -2.34. The second-order valence-corrected chi connectivity index (χ2v) is 10.4. The molecule has 0 amide bonds. The van der Waals surface area contributed by atoms with Crippen LogP contribution in [0.15, 0.2) is 77.7 Å². The molecule has 168 valence electrons. The van der Waals surface area contributed by atoms with E-state index in [2.05, 4.69) is 45.4 Å². The van der Waals surface area contributed by atoms with Gasteiger partial charge in [-0.15, -0.1) is 10.2 Å². The molecule has 0 N–H and O–H groups in total. The normalized spacial score (nSPS) is 15.2. The fraction of sp³-hybridized carbons (Fsp3) is 0.231. The van der Waals surface area contributed by atoms with E-state index in [9.17, 15) is 8.42 Å². The van der Waals surface area contributed by atoms with Crippen molar-refractivity contribution in [3.05, 3.63) is 83.9 Å². The Morgan fingerprint density at radius 2 is 1.52 bits per heavy atom. The van der Waals surface area contributed by atoms with Crippen LogP contribution in [0.2, 0.25) is 0 Å². The number of hydrogen-bond donors (Lipinski definition) is 0. The third-order valence-electron chi connectivity index (χ3n) is 6.21. The Hall–Kier alpha value is -3.29. The Morgan fingerprint density at radius 3 is 2.21 bits per heavy atom. The van der Waals surface area contributed by atoms with Crippen molar-refractivity contribution in [1.82, 2.24) is 14.5 Å². The first-order valence-electron chi connectivity index (χ1n) is 11.1. The van der Waals surface area contributed by atoms with Crippen LogP contribution in [-0.4, -0.2) is 49.1 Å². The third-order valence-corrected chi connectivity index (χ3v) is 8.27. The number of hydrogen-bond acceptors (Lipinski definition) is 5. The maximum absolute atomic E-state index is 13.1. The summed E-state index contributed by atoms with van der Waals surface area (Å²) in [6.45, 7) is 5.81. The van der Waals surface area contributed by atoms with Crippen molar-refractivity contribution in [3.8, 4) is 11.3 Å². The third kappa shape index (κ3) is 4.21. The molecule has 0 aliphatic carbocycles. The Morgan fingerprint density at radius 1 is 0.758 bits per heavy atom. The molecule has 0 radical (unpaired) electrons. The average molecular weight is 459 g/mol. The van der Waals surface area contributed by atoms with Crippen LogP contribution in [0.3, 0.4) is 0 Å². The van der Waals surface area contributed by atoms with Crippen molar-refractivity contribution in [2.75, 3.05) is 31.1 Å². The van der Waals surface area contributed by atoms with Gasteiger partial charge in [-0.1, -0.05) is 54.1 Å². The molecule has 6 nitrogen and oxygen atoms in total. The van der Waals surface area contributed by atoms with Gasteiger partial charge in [-0.3, -0.25) is 0 Å². The number of anilines is 1. The molecule has 1 fully saturated rings. The molecule has 0 spiro atoms. The topological polar surface area (TPSA) is 66.4 Å². The predicted molar refractivity (Wildman–Crippen MR) is 132 cm³/mol. The van der Waals surface area contributed by atoms with Crippen molar-refractivity contribution in [2.45, 2.75) is 18.7 Å². The van der Waals surface area contributed by atoms with E-state index in [0.717, 1.165) is 28.2 Å². The van der Waals surface area contributed by atoms with Gasteiger partial charge >= 0.3 is 0 Å². The standard InChI is InChI=1S/C26H26N4O2S/c1-19-7-11-25(20(2)17-19)33(31,32)30-15-13-29(14-16-30)26-12-10-24(27-28-26)23-9-8-21-5-3-4-6-22(21)18-23/h3-12,17-18H,13-16H2,1-2H3. The number of nitrogens with zero attached hydrogens (tertiary/aromatic N) is 4. The van der Waals surface area contributed by atoms with E-state index >= 15 is 0 Å². The molecule has 0 saturated carbocycles. The van der Waals surface area contributed by atoms with Crippen LogP contribution in [0.4, 0.5) is 5.82 Å². The minimum Gasteiger partial charge on any atom is -0.352 e. The summed E-state index contributed by atoms with van der Waals surface area (Å²) in [6, 6.07) is 23.9. The van der Waals surface area contributed by atoms with Crippen molar-refractivity contribution in [3.63, 3.8) is 0 Å². The largest absolute Gasteiger partial charge is 0.352 e. The van der Waals surface area contributed by atoms with Gasteiger partial charge in [0.15, 0.2) is 5.82 Å². The Labute approximate surface area is 194 Å². The fourth-order valence-corrected chi connectivity index (χ4v) is 6.01. The number of aryl methyl sites for hydroxylation is 2. The van der Waals surface area contributed by atoms with Crippen LogP contribution in [0.5, 0.6) is 0 Å². The zero-order valence-corrected chi connectivity index (χ0v) is 19.6. The highest BCUT2D eigenvalue weighted by Crippen LogP contribution is 2.25. The summed E-state index contributed by atoms with van der Waals surface area (Å²) in [7, 11) is -3.51. The molecule has 1 aromatic heterocycles. The first kappa shape index (κ1) is 21.6. The van der Waals surface area contributed by atoms with Crippen molar-refractivity contribution >= 4 is 26.6 Å². The summed E-state index contributed by atoms with van der Waals surface area (Å²) >= 11 is 0.